The highest BCUT2D eigenvalue weighted by atomic mass is 35.5. The van der Waals surface area contributed by atoms with Crippen molar-refractivity contribution in [3.63, 3.8) is 0 Å². The maximum Gasteiger partial charge on any atom is 0.228 e. The van der Waals surface area contributed by atoms with E-state index in [0.717, 1.165) is 5.56 Å². The predicted molar refractivity (Wildman–Crippen MR) is 77.7 cm³/mol. The van der Waals surface area contributed by atoms with Crippen LogP contribution in [-0.4, -0.2) is 17.3 Å². The van der Waals surface area contributed by atoms with Crippen molar-refractivity contribution in [2.75, 3.05) is 10.6 Å². The first kappa shape index (κ1) is 14.0. The second-order valence-corrected chi connectivity index (χ2v) is 4.48. The minimum Gasteiger partial charge on any atom is -0.324 e. The minimum atomic E-state index is -0.148. The molecule has 5 nitrogen and oxygen atoms in total. The summed E-state index contributed by atoms with van der Waals surface area (Å²) in [4.78, 5) is 26.0. The van der Waals surface area contributed by atoms with E-state index in [1.807, 2.05) is 0 Å². The first-order chi connectivity index (χ1) is 9.67. The van der Waals surface area contributed by atoms with E-state index in [1.54, 1.807) is 36.4 Å². The topological polar surface area (TPSA) is 71.1 Å². The van der Waals surface area contributed by atoms with Gasteiger partial charge < -0.3 is 10.6 Å². The summed E-state index contributed by atoms with van der Waals surface area (Å²) in [5.41, 5.74) is 1.44. The smallest absolute Gasteiger partial charge is 0.228 e. The van der Waals surface area contributed by atoms with Crippen molar-refractivity contribution in [3.05, 3.63) is 53.2 Å². The Morgan fingerprint density at radius 3 is 2.55 bits per heavy atom. The molecule has 0 aliphatic carbocycles. The third kappa shape index (κ3) is 4.07. The number of anilines is 2. The summed E-state index contributed by atoms with van der Waals surface area (Å²) in [5, 5.41) is 5.78. The third-order valence-electron chi connectivity index (χ3n) is 2.53. The number of rotatable bonds is 5. The molecule has 0 atom stereocenters. The SMILES string of the molecule is O=CNc1ccc(NC(=O)Cc2ccc(Cl)cc2)cn1. The maximum atomic E-state index is 11.8. The lowest BCUT2D eigenvalue weighted by atomic mass is 10.1. The van der Waals surface area contributed by atoms with Crippen LogP contribution in [-0.2, 0) is 16.0 Å². The highest BCUT2D eigenvalue weighted by molar-refractivity contribution is 6.30. The van der Waals surface area contributed by atoms with Crippen molar-refractivity contribution >= 4 is 35.4 Å². The molecule has 0 radical (unpaired) electrons. The lowest BCUT2D eigenvalue weighted by molar-refractivity contribution is -0.115. The van der Waals surface area contributed by atoms with Gasteiger partial charge in [0.05, 0.1) is 18.3 Å². The van der Waals surface area contributed by atoms with Crippen molar-refractivity contribution in [1.82, 2.24) is 4.98 Å². The first-order valence-electron chi connectivity index (χ1n) is 5.88. The van der Waals surface area contributed by atoms with E-state index in [0.29, 0.717) is 22.9 Å². The Labute approximate surface area is 121 Å². The molecular formula is C14H12ClN3O2. The van der Waals surface area contributed by atoms with Gasteiger partial charge in [-0.05, 0) is 29.8 Å². The van der Waals surface area contributed by atoms with Crippen LogP contribution in [0.5, 0.6) is 0 Å². The lowest BCUT2D eigenvalue weighted by Gasteiger charge is -2.06. The van der Waals surface area contributed by atoms with Crippen molar-refractivity contribution in [1.29, 1.82) is 0 Å². The molecule has 2 rings (SSSR count). The highest BCUT2D eigenvalue weighted by Gasteiger charge is 2.04. The van der Waals surface area contributed by atoms with Gasteiger partial charge in [0.2, 0.25) is 12.3 Å². The molecule has 0 fully saturated rings. The van der Waals surface area contributed by atoms with Gasteiger partial charge in [-0.1, -0.05) is 23.7 Å². The van der Waals surface area contributed by atoms with E-state index in [2.05, 4.69) is 15.6 Å². The highest BCUT2D eigenvalue weighted by Crippen LogP contribution is 2.12. The molecule has 0 aliphatic rings. The largest absolute Gasteiger partial charge is 0.324 e. The third-order valence-corrected chi connectivity index (χ3v) is 2.78. The van der Waals surface area contributed by atoms with E-state index >= 15 is 0 Å². The van der Waals surface area contributed by atoms with Crippen molar-refractivity contribution in [3.8, 4) is 0 Å². The fourth-order valence-electron chi connectivity index (χ4n) is 1.61. The number of nitrogens with one attached hydrogen (secondary N) is 2. The van der Waals surface area contributed by atoms with Crippen LogP contribution >= 0.6 is 11.6 Å². The van der Waals surface area contributed by atoms with Crippen molar-refractivity contribution in [2.24, 2.45) is 0 Å². The zero-order valence-electron chi connectivity index (χ0n) is 10.5. The number of nitrogens with zero attached hydrogens (tertiary/aromatic N) is 1. The van der Waals surface area contributed by atoms with Crippen LogP contribution in [0.25, 0.3) is 0 Å². The number of amides is 2. The molecule has 0 saturated carbocycles. The number of aromatic nitrogens is 1. The second-order valence-electron chi connectivity index (χ2n) is 4.05. The van der Waals surface area contributed by atoms with Gasteiger partial charge in [-0.3, -0.25) is 9.59 Å². The van der Waals surface area contributed by atoms with Gasteiger partial charge in [-0.15, -0.1) is 0 Å². The molecule has 2 N–H and O–H groups in total. The minimum absolute atomic E-state index is 0.148. The molecular weight excluding hydrogens is 278 g/mol. The Balaban J connectivity index is 1.93. The molecule has 0 unspecified atom stereocenters. The number of hydrogen-bond donors (Lipinski definition) is 2. The van der Waals surface area contributed by atoms with Crippen LogP contribution in [0.4, 0.5) is 11.5 Å². The van der Waals surface area contributed by atoms with Gasteiger partial charge in [0.1, 0.15) is 5.82 Å². The van der Waals surface area contributed by atoms with Crippen LogP contribution in [0, 0.1) is 0 Å². The maximum absolute atomic E-state index is 11.8. The zero-order valence-corrected chi connectivity index (χ0v) is 11.2. The molecule has 2 amide bonds. The molecule has 0 spiro atoms. The van der Waals surface area contributed by atoms with Crippen LogP contribution in [0.1, 0.15) is 5.56 Å². The van der Waals surface area contributed by atoms with Crippen LogP contribution in [0.3, 0.4) is 0 Å². The summed E-state index contributed by atoms with van der Waals surface area (Å²) >= 11 is 5.78. The number of carbonyl (C=O) groups is 2. The van der Waals surface area contributed by atoms with E-state index in [4.69, 9.17) is 11.6 Å². The molecule has 1 heterocycles. The van der Waals surface area contributed by atoms with Gasteiger partial charge in [-0.25, -0.2) is 4.98 Å². The van der Waals surface area contributed by atoms with Crippen LogP contribution in [0.15, 0.2) is 42.6 Å². The quantitative estimate of drug-likeness (QED) is 0.831. The molecule has 0 saturated heterocycles. The van der Waals surface area contributed by atoms with Gasteiger partial charge in [0, 0.05) is 5.02 Å². The monoisotopic (exact) mass is 289 g/mol. The molecule has 0 bridgehead atoms. The van der Waals surface area contributed by atoms with Gasteiger partial charge >= 0.3 is 0 Å². The Morgan fingerprint density at radius 2 is 1.95 bits per heavy atom. The summed E-state index contributed by atoms with van der Waals surface area (Å²) in [6, 6.07) is 10.4. The molecule has 102 valence electrons. The average Bonchev–Trinajstić information content (AvgIpc) is 2.44. The van der Waals surface area contributed by atoms with Gasteiger partial charge in [0.25, 0.3) is 0 Å². The number of carbonyl (C=O) groups excluding carboxylic acids is 2. The normalized spacial score (nSPS) is 9.85. The summed E-state index contributed by atoms with van der Waals surface area (Å²) in [6.45, 7) is 0. The first-order valence-corrected chi connectivity index (χ1v) is 6.26. The Hall–Kier alpha value is -2.40. The Bertz CT molecular complexity index is 597. The summed E-state index contributed by atoms with van der Waals surface area (Å²) in [7, 11) is 0. The standard InChI is InChI=1S/C14H12ClN3O2/c15-11-3-1-10(2-4-11)7-14(20)18-12-5-6-13(16-8-12)17-9-19/h1-6,8-9H,7H2,(H,18,20)(H,16,17,19). The molecule has 0 aliphatic heterocycles. The van der Waals surface area contributed by atoms with E-state index in [1.165, 1.54) is 6.20 Å². The lowest BCUT2D eigenvalue weighted by Crippen LogP contribution is -2.14. The average molecular weight is 290 g/mol. The molecule has 2 aromatic rings. The Morgan fingerprint density at radius 1 is 1.20 bits per heavy atom. The van der Waals surface area contributed by atoms with Crippen molar-refractivity contribution in [2.45, 2.75) is 6.42 Å². The molecule has 1 aromatic heterocycles. The second kappa shape index (κ2) is 6.68. The van der Waals surface area contributed by atoms with Crippen molar-refractivity contribution < 1.29 is 9.59 Å². The van der Waals surface area contributed by atoms with Crippen LogP contribution in [0.2, 0.25) is 5.02 Å². The molecule has 20 heavy (non-hydrogen) atoms. The van der Waals surface area contributed by atoms with E-state index in [9.17, 15) is 9.59 Å². The fourth-order valence-corrected chi connectivity index (χ4v) is 1.73. The summed E-state index contributed by atoms with van der Waals surface area (Å²) < 4.78 is 0. The molecule has 1 aromatic carbocycles. The summed E-state index contributed by atoms with van der Waals surface area (Å²) in [5.74, 6) is 0.279. The number of hydrogen-bond acceptors (Lipinski definition) is 3. The van der Waals surface area contributed by atoms with Gasteiger partial charge in [0.15, 0.2) is 0 Å². The van der Waals surface area contributed by atoms with E-state index in [-0.39, 0.29) is 12.3 Å². The Kier molecular flexibility index (Phi) is 4.68. The van der Waals surface area contributed by atoms with Crippen LogP contribution < -0.4 is 10.6 Å². The predicted octanol–water partition coefficient (Wildman–Crippen LogP) is 2.48. The summed E-state index contributed by atoms with van der Waals surface area (Å²) in [6.07, 6.45) is 2.28. The number of pyridine rings is 1. The van der Waals surface area contributed by atoms with E-state index < -0.39 is 0 Å². The van der Waals surface area contributed by atoms with Gasteiger partial charge in [-0.2, -0.15) is 0 Å². The fraction of sp³-hybridized carbons (Fsp3) is 0.0714. The molecule has 6 heteroatoms. The zero-order chi connectivity index (χ0) is 14.4. The number of benzene rings is 1. The number of halogens is 1.